The van der Waals surface area contributed by atoms with Gasteiger partial charge in [-0.2, -0.15) is 0 Å². The van der Waals surface area contributed by atoms with Crippen molar-refractivity contribution in [3.8, 4) is 0 Å². The van der Waals surface area contributed by atoms with Gasteiger partial charge in [-0.25, -0.2) is 33.9 Å². The molecule has 33 heavy (non-hydrogen) atoms. The lowest BCUT2D eigenvalue weighted by Crippen LogP contribution is -2.12. The highest BCUT2D eigenvalue weighted by Crippen LogP contribution is 2.33. The summed E-state index contributed by atoms with van der Waals surface area (Å²) in [7, 11) is 0. The Bertz CT molecular complexity index is 958. The van der Waals surface area contributed by atoms with E-state index in [0.717, 1.165) is 18.2 Å². The van der Waals surface area contributed by atoms with Gasteiger partial charge in [0, 0.05) is 17.8 Å². The van der Waals surface area contributed by atoms with Gasteiger partial charge in [-0.3, -0.25) is 0 Å². The van der Waals surface area contributed by atoms with Gasteiger partial charge in [0.2, 0.25) is 10.6 Å². The molecule has 2 heterocycles. The minimum atomic E-state index is -0.845. The summed E-state index contributed by atoms with van der Waals surface area (Å²) in [6.45, 7) is 3.86. The molecule has 2 saturated carbocycles. The van der Waals surface area contributed by atoms with Crippen LogP contribution in [-0.4, -0.2) is 51.1 Å². The van der Waals surface area contributed by atoms with Crippen LogP contribution in [-0.2, 0) is 15.9 Å². The molecule has 0 atom stereocenters. The number of nitrogens with two attached hydrogens (primary N) is 1. The monoisotopic (exact) mass is 501 g/mol. The highest BCUT2D eigenvalue weighted by Gasteiger charge is 2.25. The fourth-order valence-corrected chi connectivity index (χ4v) is 2.59. The largest absolute Gasteiger partial charge is 0.461 e. The Kier molecular flexibility index (Phi) is 10.8. The maximum Gasteiger partial charge on any atom is 0.360 e. The first-order chi connectivity index (χ1) is 15.7. The zero-order chi connectivity index (χ0) is 24.4. The number of halogens is 3. The predicted molar refractivity (Wildman–Crippen MR) is 120 cm³/mol. The third kappa shape index (κ3) is 9.93. The summed E-state index contributed by atoms with van der Waals surface area (Å²) in [4.78, 5) is 37.3. The quantitative estimate of drug-likeness (QED) is 0.463. The minimum Gasteiger partial charge on any atom is -0.461 e. The van der Waals surface area contributed by atoms with Gasteiger partial charge in [0.25, 0.3) is 0 Å². The molecule has 0 saturated heterocycles. The summed E-state index contributed by atoms with van der Waals surface area (Å²) in [5, 5.41) is -0.105. The van der Waals surface area contributed by atoms with Crippen LogP contribution < -0.4 is 5.73 Å². The highest BCUT2D eigenvalue weighted by molar-refractivity contribution is 6.28. The maximum absolute atomic E-state index is 12.9. The maximum atomic E-state index is 12.9. The van der Waals surface area contributed by atoms with Crippen molar-refractivity contribution >= 4 is 35.1 Å². The van der Waals surface area contributed by atoms with Crippen LogP contribution in [0.1, 0.15) is 66.1 Å². The smallest absolute Gasteiger partial charge is 0.360 e. The van der Waals surface area contributed by atoms with Gasteiger partial charge in [0.15, 0.2) is 17.2 Å². The number of carbonyl (C=O) groups excluding carboxylic acids is 2. The predicted octanol–water partition coefficient (Wildman–Crippen LogP) is 3.81. The van der Waals surface area contributed by atoms with Gasteiger partial charge >= 0.3 is 11.9 Å². The Balaban J connectivity index is 0.000000203. The minimum absolute atomic E-state index is 0.0857. The third-order valence-corrected chi connectivity index (χ3v) is 4.68. The number of hydrogen-bond donors (Lipinski definition) is 1. The molecule has 9 nitrogen and oxygen atoms in total. The average Bonchev–Trinajstić information content (AvgIpc) is 3.71. The molecule has 0 amide bonds. The third-order valence-electron chi connectivity index (χ3n) is 4.31. The Labute approximate surface area is 201 Å². The summed E-state index contributed by atoms with van der Waals surface area (Å²) in [6, 6.07) is 0.583. The topological polar surface area (TPSA) is 130 Å². The molecule has 4 rings (SSSR count). The molecule has 2 aromatic heterocycles. The molecule has 0 unspecified atom stereocenters. The molecule has 0 aromatic carbocycles. The van der Waals surface area contributed by atoms with Crippen molar-refractivity contribution in [1.29, 1.82) is 0 Å². The summed E-state index contributed by atoms with van der Waals surface area (Å²) < 4.78 is 22.3. The van der Waals surface area contributed by atoms with Gasteiger partial charge in [-0.05, 0) is 75.1 Å². The fourth-order valence-electron chi connectivity index (χ4n) is 2.33. The van der Waals surface area contributed by atoms with Gasteiger partial charge in [0.1, 0.15) is 0 Å². The SMILES string of the molecule is CCOC(=O)c1nc(Cl)ncc1CC1CC1.CCOC(=O)c1nc(Cl)ncc1F.NC1CC1. The van der Waals surface area contributed by atoms with Crippen LogP contribution in [0.5, 0.6) is 0 Å². The summed E-state index contributed by atoms with van der Waals surface area (Å²) in [6.07, 6.45) is 8.24. The Morgan fingerprint density at radius 1 is 0.970 bits per heavy atom. The second-order valence-electron chi connectivity index (χ2n) is 7.27. The first-order valence-corrected chi connectivity index (χ1v) is 11.3. The number of hydrogen-bond acceptors (Lipinski definition) is 9. The molecule has 2 aliphatic carbocycles. The van der Waals surface area contributed by atoms with E-state index >= 15 is 0 Å². The van der Waals surface area contributed by atoms with Gasteiger partial charge in [0.05, 0.1) is 19.4 Å². The van der Waals surface area contributed by atoms with E-state index in [1.165, 1.54) is 25.7 Å². The van der Waals surface area contributed by atoms with E-state index in [1.54, 1.807) is 20.0 Å². The highest BCUT2D eigenvalue weighted by atomic mass is 35.5. The van der Waals surface area contributed by atoms with Crippen molar-refractivity contribution in [2.45, 2.75) is 52.0 Å². The summed E-state index contributed by atoms with van der Waals surface area (Å²) in [5.41, 5.74) is 5.93. The van der Waals surface area contributed by atoms with E-state index in [2.05, 4.69) is 24.7 Å². The van der Waals surface area contributed by atoms with Crippen molar-refractivity contribution < 1.29 is 23.5 Å². The van der Waals surface area contributed by atoms with Gasteiger partial charge in [-0.1, -0.05) is 0 Å². The molecular formula is C21H26Cl2FN5O4. The number of ether oxygens (including phenoxy) is 2. The molecule has 0 radical (unpaired) electrons. The Hall–Kier alpha value is -2.43. The van der Waals surface area contributed by atoms with Crippen molar-refractivity contribution in [1.82, 2.24) is 19.9 Å². The molecule has 2 N–H and O–H groups in total. The fraction of sp³-hybridized carbons (Fsp3) is 0.524. The van der Waals surface area contributed by atoms with Crippen LogP contribution in [0.4, 0.5) is 4.39 Å². The van der Waals surface area contributed by atoms with E-state index in [9.17, 15) is 14.0 Å². The molecular weight excluding hydrogens is 476 g/mol. The van der Waals surface area contributed by atoms with Gasteiger partial charge in [-0.15, -0.1) is 0 Å². The standard InChI is InChI=1S/C11H13ClN2O2.C7H6ClFN2O2.C3H7N/c1-2-16-10(15)9-8(5-7-3-4-7)6-13-11(12)14-9;1-2-13-6(12)5-4(9)3-10-7(8)11-5;4-3-1-2-3/h6-7H,2-5H2,1H3;3H,2H2,1H3;3H,1-2,4H2. The lowest BCUT2D eigenvalue weighted by molar-refractivity contribution is 0.0505. The molecule has 180 valence electrons. The Morgan fingerprint density at radius 3 is 1.94 bits per heavy atom. The van der Waals surface area contributed by atoms with Crippen LogP contribution in [0, 0.1) is 11.7 Å². The van der Waals surface area contributed by atoms with Crippen LogP contribution in [0.2, 0.25) is 10.6 Å². The first kappa shape index (κ1) is 26.8. The number of esters is 2. The molecule has 0 aliphatic heterocycles. The van der Waals surface area contributed by atoms with Crippen molar-refractivity contribution in [3.05, 3.63) is 45.7 Å². The number of aromatic nitrogens is 4. The van der Waals surface area contributed by atoms with Crippen molar-refractivity contribution in [2.24, 2.45) is 11.7 Å². The number of nitrogens with zero attached hydrogens (tertiary/aromatic N) is 4. The van der Waals surface area contributed by atoms with E-state index in [4.69, 9.17) is 33.7 Å². The van der Waals surface area contributed by atoms with E-state index in [-0.39, 0.29) is 17.2 Å². The molecule has 2 fully saturated rings. The lowest BCUT2D eigenvalue weighted by Gasteiger charge is -2.06. The van der Waals surface area contributed by atoms with Crippen LogP contribution >= 0.6 is 23.2 Å². The van der Waals surface area contributed by atoms with Gasteiger partial charge < -0.3 is 15.2 Å². The van der Waals surface area contributed by atoms with Crippen LogP contribution in [0.3, 0.4) is 0 Å². The second-order valence-corrected chi connectivity index (χ2v) is 7.95. The zero-order valence-electron chi connectivity index (χ0n) is 18.4. The number of carbonyl (C=O) groups is 2. The normalized spacial score (nSPS) is 14.2. The second kappa shape index (κ2) is 13.3. The van der Waals surface area contributed by atoms with E-state index in [0.29, 0.717) is 24.3 Å². The Morgan fingerprint density at radius 2 is 1.45 bits per heavy atom. The van der Waals surface area contributed by atoms with Crippen LogP contribution in [0.15, 0.2) is 12.4 Å². The van der Waals surface area contributed by atoms with Crippen molar-refractivity contribution in [2.75, 3.05) is 13.2 Å². The van der Waals surface area contributed by atoms with Crippen LogP contribution in [0.25, 0.3) is 0 Å². The molecule has 2 aliphatic rings. The molecule has 0 bridgehead atoms. The molecule has 0 spiro atoms. The molecule has 2 aromatic rings. The van der Waals surface area contributed by atoms with E-state index in [1.807, 2.05) is 0 Å². The number of rotatable bonds is 6. The van der Waals surface area contributed by atoms with E-state index < -0.39 is 23.4 Å². The zero-order valence-corrected chi connectivity index (χ0v) is 19.9. The first-order valence-electron chi connectivity index (χ1n) is 10.5. The van der Waals surface area contributed by atoms with Crippen molar-refractivity contribution in [3.63, 3.8) is 0 Å². The summed E-state index contributed by atoms with van der Waals surface area (Å²) >= 11 is 11.0. The average molecular weight is 502 g/mol. The lowest BCUT2D eigenvalue weighted by atomic mass is 10.1. The molecule has 12 heteroatoms. The summed E-state index contributed by atoms with van der Waals surface area (Å²) in [5.74, 6) is -1.44.